The molecule has 2 rings (SSSR count). The van der Waals surface area contributed by atoms with E-state index in [4.69, 9.17) is 16.3 Å². The molecule has 0 bridgehead atoms. The Labute approximate surface area is 119 Å². The van der Waals surface area contributed by atoms with E-state index in [1.807, 2.05) is 0 Å². The van der Waals surface area contributed by atoms with Crippen LogP contribution < -0.4 is 4.74 Å². The third kappa shape index (κ3) is 3.23. The van der Waals surface area contributed by atoms with E-state index in [0.717, 1.165) is 0 Å². The van der Waals surface area contributed by atoms with E-state index < -0.39 is 11.0 Å². The highest BCUT2D eigenvalue weighted by Gasteiger charge is 2.16. The van der Waals surface area contributed by atoms with E-state index in [1.165, 1.54) is 24.4 Å². The first-order valence-corrected chi connectivity index (χ1v) is 6.11. The van der Waals surface area contributed by atoms with Crippen molar-refractivity contribution in [3.8, 4) is 11.5 Å². The standard InChI is InChI=1S/C13H11ClN2O4/c1-8(17)11-4-3-10(7-15-11)20-13-5-2-9(14)6-12(13)16(18)19/h2-8,17H,1H3/t8-/m0/s1. The lowest BCUT2D eigenvalue weighted by molar-refractivity contribution is -0.385. The van der Waals surface area contributed by atoms with Gasteiger partial charge in [0, 0.05) is 11.1 Å². The molecule has 1 atom stereocenters. The summed E-state index contributed by atoms with van der Waals surface area (Å²) in [6.07, 6.45) is 0.703. The van der Waals surface area contributed by atoms with E-state index >= 15 is 0 Å². The van der Waals surface area contributed by atoms with Gasteiger partial charge in [-0.05, 0) is 31.2 Å². The number of halogens is 1. The van der Waals surface area contributed by atoms with Gasteiger partial charge in [0.15, 0.2) is 0 Å². The molecule has 6 nitrogen and oxygen atoms in total. The van der Waals surface area contributed by atoms with E-state index in [1.54, 1.807) is 19.1 Å². The Morgan fingerprint density at radius 3 is 2.70 bits per heavy atom. The number of pyridine rings is 1. The average Bonchev–Trinajstić information content (AvgIpc) is 2.41. The summed E-state index contributed by atoms with van der Waals surface area (Å²) < 4.78 is 5.42. The molecular formula is C13H11ClN2O4. The molecule has 7 heteroatoms. The van der Waals surface area contributed by atoms with Crippen LogP contribution in [0.25, 0.3) is 0 Å². The highest BCUT2D eigenvalue weighted by Crippen LogP contribution is 2.33. The molecule has 104 valence electrons. The van der Waals surface area contributed by atoms with E-state index in [2.05, 4.69) is 4.98 Å². The SMILES string of the molecule is C[C@H](O)c1ccc(Oc2ccc(Cl)cc2[N+](=O)[O-])cn1. The first-order valence-electron chi connectivity index (χ1n) is 5.73. The van der Waals surface area contributed by atoms with Gasteiger partial charge >= 0.3 is 5.69 Å². The van der Waals surface area contributed by atoms with Gasteiger partial charge in [-0.3, -0.25) is 15.1 Å². The summed E-state index contributed by atoms with van der Waals surface area (Å²) in [4.78, 5) is 14.4. The lowest BCUT2D eigenvalue weighted by Crippen LogP contribution is -1.96. The first-order chi connectivity index (χ1) is 9.47. The van der Waals surface area contributed by atoms with E-state index in [9.17, 15) is 15.2 Å². The molecule has 0 fully saturated rings. The predicted octanol–water partition coefficient (Wildman–Crippen LogP) is 3.49. The number of rotatable bonds is 4. The normalized spacial score (nSPS) is 11.9. The van der Waals surface area contributed by atoms with Gasteiger partial charge in [0.05, 0.1) is 22.9 Å². The fourth-order valence-electron chi connectivity index (χ4n) is 1.55. The number of nitrogens with zero attached hydrogens (tertiary/aromatic N) is 2. The Hall–Kier alpha value is -2.18. The molecule has 0 aliphatic rings. The Morgan fingerprint density at radius 1 is 1.40 bits per heavy atom. The molecule has 20 heavy (non-hydrogen) atoms. The molecule has 0 saturated carbocycles. The fraction of sp³-hybridized carbons (Fsp3) is 0.154. The number of aliphatic hydroxyl groups is 1. The molecule has 1 heterocycles. The maximum absolute atomic E-state index is 10.9. The zero-order chi connectivity index (χ0) is 14.7. The van der Waals surface area contributed by atoms with Crippen molar-refractivity contribution in [2.45, 2.75) is 13.0 Å². The van der Waals surface area contributed by atoms with Crippen LogP contribution in [0.5, 0.6) is 11.5 Å². The molecule has 0 aliphatic heterocycles. The molecular weight excluding hydrogens is 284 g/mol. The quantitative estimate of drug-likeness (QED) is 0.689. The topological polar surface area (TPSA) is 85.5 Å². The van der Waals surface area contributed by atoms with Crippen molar-refractivity contribution in [3.05, 3.63) is 57.4 Å². The van der Waals surface area contributed by atoms with Gasteiger partial charge in [0.2, 0.25) is 5.75 Å². The van der Waals surface area contributed by atoms with Crippen molar-refractivity contribution in [3.63, 3.8) is 0 Å². The average molecular weight is 295 g/mol. The lowest BCUT2D eigenvalue weighted by Gasteiger charge is -2.08. The number of hydrogen-bond acceptors (Lipinski definition) is 5. The summed E-state index contributed by atoms with van der Waals surface area (Å²) in [5.74, 6) is 0.408. The van der Waals surface area contributed by atoms with E-state index in [0.29, 0.717) is 11.4 Å². The van der Waals surface area contributed by atoms with Gasteiger partial charge in [-0.1, -0.05) is 11.6 Å². The minimum atomic E-state index is -0.686. The van der Waals surface area contributed by atoms with Gasteiger partial charge in [-0.2, -0.15) is 0 Å². The molecule has 0 unspecified atom stereocenters. The summed E-state index contributed by atoms with van der Waals surface area (Å²) in [6, 6.07) is 7.30. The number of nitro groups is 1. The van der Waals surface area contributed by atoms with Gasteiger partial charge in [0.25, 0.3) is 0 Å². The van der Waals surface area contributed by atoms with Crippen LogP contribution in [0.1, 0.15) is 18.7 Å². The summed E-state index contributed by atoms with van der Waals surface area (Å²) in [6.45, 7) is 1.59. The summed E-state index contributed by atoms with van der Waals surface area (Å²) in [5.41, 5.74) is 0.264. The highest BCUT2D eigenvalue weighted by molar-refractivity contribution is 6.30. The molecule has 0 aliphatic carbocycles. The summed E-state index contributed by atoms with van der Waals surface area (Å²) in [5, 5.41) is 20.5. The van der Waals surface area contributed by atoms with Crippen LogP contribution in [-0.2, 0) is 0 Å². The molecule has 2 aromatic rings. The van der Waals surface area contributed by atoms with Crippen molar-refractivity contribution in [1.29, 1.82) is 0 Å². The van der Waals surface area contributed by atoms with Crippen molar-refractivity contribution in [2.24, 2.45) is 0 Å². The third-order valence-corrected chi connectivity index (χ3v) is 2.77. The molecule has 0 radical (unpaired) electrons. The third-order valence-electron chi connectivity index (χ3n) is 2.53. The molecule has 0 spiro atoms. The largest absolute Gasteiger partial charge is 0.449 e. The maximum atomic E-state index is 10.9. The Kier molecular flexibility index (Phi) is 4.16. The summed E-state index contributed by atoms with van der Waals surface area (Å²) >= 11 is 5.72. The van der Waals surface area contributed by atoms with Crippen LogP contribution in [0.15, 0.2) is 36.5 Å². The Bertz CT molecular complexity index is 629. The highest BCUT2D eigenvalue weighted by atomic mass is 35.5. The summed E-state index contributed by atoms with van der Waals surface area (Å²) in [7, 11) is 0. The van der Waals surface area contributed by atoms with Crippen molar-refractivity contribution >= 4 is 17.3 Å². The van der Waals surface area contributed by atoms with Crippen LogP contribution in [-0.4, -0.2) is 15.0 Å². The molecule has 1 N–H and O–H groups in total. The van der Waals surface area contributed by atoms with Crippen molar-refractivity contribution in [1.82, 2.24) is 4.98 Å². The second kappa shape index (κ2) is 5.85. The van der Waals surface area contributed by atoms with Crippen LogP contribution >= 0.6 is 11.6 Å². The number of ether oxygens (including phenoxy) is 1. The van der Waals surface area contributed by atoms with Crippen LogP contribution in [0.3, 0.4) is 0 Å². The molecule has 1 aromatic heterocycles. The van der Waals surface area contributed by atoms with Gasteiger partial charge in [-0.15, -0.1) is 0 Å². The lowest BCUT2D eigenvalue weighted by atomic mass is 10.2. The Balaban J connectivity index is 2.28. The fourth-order valence-corrected chi connectivity index (χ4v) is 1.71. The minimum Gasteiger partial charge on any atom is -0.449 e. The monoisotopic (exact) mass is 294 g/mol. The van der Waals surface area contributed by atoms with Crippen molar-refractivity contribution < 1.29 is 14.8 Å². The smallest absolute Gasteiger partial charge is 0.313 e. The second-order valence-corrected chi connectivity index (χ2v) is 4.50. The predicted molar refractivity (Wildman–Crippen MR) is 73.1 cm³/mol. The molecule has 0 amide bonds. The zero-order valence-electron chi connectivity index (χ0n) is 10.5. The van der Waals surface area contributed by atoms with Crippen molar-refractivity contribution in [2.75, 3.05) is 0 Å². The molecule has 0 saturated heterocycles. The maximum Gasteiger partial charge on any atom is 0.313 e. The zero-order valence-corrected chi connectivity index (χ0v) is 11.2. The van der Waals surface area contributed by atoms with Crippen LogP contribution in [0, 0.1) is 10.1 Å². The Morgan fingerprint density at radius 2 is 2.15 bits per heavy atom. The number of benzene rings is 1. The number of aromatic nitrogens is 1. The van der Waals surface area contributed by atoms with Gasteiger partial charge in [-0.25, -0.2) is 0 Å². The second-order valence-electron chi connectivity index (χ2n) is 4.07. The number of aliphatic hydroxyl groups excluding tert-OH is 1. The molecule has 1 aromatic carbocycles. The van der Waals surface area contributed by atoms with Gasteiger partial charge < -0.3 is 9.84 Å². The number of hydrogen-bond donors (Lipinski definition) is 1. The van der Waals surface area contributed by atoms with Crippen LogP contribution in [0.2, 0.25) is 5.02 Å². The first kappa shape index (κ1) is 14.2. The van der Waals surface area contributed by atoms with Crippen LogP contribution in [0.4, 0.5) is 5.69 Å². The van der Waals surface area contributed by atoms with E-state index in [-0.39, 0.29) is 16.5 Å². The van der Waals surface area contributed by atoms with Gasteiger partial charge in [0.1, 0.15) is 5.75 Å². The number of nitro benzene ring substituents is 1. The minimum absolute atomic E-state index is 0.0750.